The summed E-state index contributed by atoms with van der Waals surface area (Å²) in [4.78, 5) is 0. The SMILES string of the molecule is COC1(Cn2ccc(N)n2)CCCC1. The Morgan fingerprint density at radius 1 is 1.57 bits per heavy atom. The first-order valence-electron chi connectivity index (χ1n) is 5.08. The van der Waals surface area contributed by atoms with Crippen molar-refractivity contribution in [3.8, 4) is 0 Å². The highest BCUT2D eigenvalue weighted by atomic mass is 16.5. The van der Waals surface area contributed by atoms with Crippen LogP contribution in [0.3, 0.4) is 0 Å². The second kappa shape index (κ2) is 3.61. The lowest BCUT2D eigenvalue weighted by Crippen LogP contribution is -2.33. The predicted octanol–water partition coefficient (Wildman–Crippen LogP) is 1.42. The second-order valence-electron chi connectivity index (χ2n) is 4.03. The molecule has 0 bridgehead atoms. The zero-order valence-corrected chi connectivity index (χ0v) is 8.57. The van der Waals surface area contributed by atoms with Crippen molar-refractivity contribution in [3.05, 3.63) is 12.3 Å². The predicted molar refractivity (Wildman–Crippen MR) is 54.8 cm³/mol. The maximum Gasteiger partial charge on any atom is 0.145 e. The maximum absolute atomic E-state index is 5.61. The molecule has 1 aliphatic carbocycles. The van der Waals surface area contributed by atoms with E-state index in [1.807, 2.05) is 16.9 Å². The molecule has 4 nitrogen and oxygen atoms in total. The average Bonchev–Trinajstić information content (AvgIpc) is 2.77. The third-order valence-electron chi connectivity index (χ3n) is 3.06. The summed E-state index contributed by atoms with van der Waals surface area (Å²) >= 11 is 0. The van der Waals surface area contributed by atoms with E-state index in [9.17, 15) is 0 Å². The summed E-state index contributed by atoms with van der Waals surface area (Å²) < 4.78 is 7.49. The minimum atomic E-state index is -0.00153. The van der Waals surface area contributed by atoms with Crippen molar-refractivity contribution in [3.63, 3.8) is 0 Å². The summed E-state index contributed by atoms with van der Waals surface area (Å²) in [6, 6.07) is 1.82. The fraction of sp³-hybridized carbons (Fsp3) is 0.700. The lowest BCUT2D eigenvalue weighted by Gasteiger charge is -2.27. The number of hydrogen-bond acceptors (Lipinski definition) is 3. The van der Waals surface area contributed by atoms with Gasteiger partial charge in [0.05, 0.1) is 12.1 Å². The third kappa shape index (κ3) is 1.75. The van der Waals surface area contributed by atoms with Gasteiger partial charge in [0, 0.05) is 13.3 Å². The summed E-state index contributed by atoms with van der Waals surface area (Å²) in [5, 5.41) is 4.18. The monoisotopic (exact) mass is 195 g/mol. The highest BCUT2D eigenvalue weighted by Crippen LogP contribution is 2.33. The van der Waals surface area contributed by atoms with Crippen LogP contribution in [-0.2, 0) is 11.3 Å². The van der Waals surface area contributed by atoms with Crippen molar-refractivity contribution in [2.45, 2.75) is 37.8 Å². The van der Waals surface area contributed by atoms with Crippen LogP contribution in [0.5, 0.6) is 0 Å². The van der Waals surface area contributed by atoms with Gasteiger partial charge in [0.1, 0.15) is 5.82 Å². The number of aromatic nitrogens is 2. The minimum Gasteiger partial charge on any atom is -0.382 e. The first kappa shape index (κ1) is 9.52. The average molecular weight is 195 g/mol. The topological polar surface area (TPSA) is 53.1 Å². The van der Waals surface area contributed by atoms with Crippen molar-refractivity contribution in [2.24, 2.45) is 0 Å². The maximum atomic E-state index is 5.61. The molecule has 1 aliphatic rings. The normalized spacial score (nSPS) is 20.1. The molecule has 2 N–H and O–H groups in total. The number of anilines is 1. The first-order chi connectivity index (χ1) is 6.74. The molecule has 1 aromatic rings. The molecule has 0 saturated heterocycles. The molecule has 0 spiro atoms. The van der Waals surface area contributed by atoms with Gasteiger partial charge in [-0.05, 0) is 18.9 Å². The van der Waals surface area contributed by atoms with E-state index >= 15 is 0 Å². The Balaban J connectivity index is 2.08. The molecule has 1 saturated carbocycles. The van der Waals surface area contributed by atoms with E-state index in [1.165, 1.54) is 12.8 Å². The third-order valence-corrected chi connectivity index (χ3v) is 3.06. The lowest BCUT2D eigenvalue weighted by molar-refractivity contribution is -0.0207. The Kier molecular flexibility index (Phi) is 2.46. The van der Waals surface area contributed by atoms with Gasteiger partial charge in [-0.3, -0.25) is 4.68 Å². The van der Waals surface area contributed by atoms with Crippen molar-refractivity contribution >= 4 is 5.82 Å². The fourth-order valence-electron chi connectivity index (χ4n) is 2.21. The van der Waals surface area contributed by atoms with Crippen LogP contribution in [0.4, 0.5) is 5.82 Å². The summed E-state index contributed by atoms with van der Waals surface area (Å²) in [5.74, 6) is 0.578. The Morgan fingerprint density at radius 2 is 2.29 bits per heavy atom. The van der Waals surface area contributed by atoms with Crippen LogP contribution in [0.1, 0.15) is 25.7 Å². The van der Waals surface area contributed by atoms with E-state index in [0.29, 0.717) is 5.82 Å². The van der Waals surface area contributed by atoms with Crippen LogP contribution in [0.25, 0.3) is 0 Å². The summed E-state index contributed by atoms with van der Waals surface area (Å²) in [6.07, 6.45) is 6.68. The van der Waals surface area contributed by atoms with E-state index in [1.54, 1.807) is 7.11 Å². The molecule has 2 rings (SSSR count). The highest BCUT2D eigenvalue weighted by molar-refractivity contribution is 5.23. The molecule has 0 atom stereocenters. The molecule has 0 radical (unpaired) electrons. The molecule has 0 amide bonds. The lowest BCUT2D eigenvalue weighted by atomic mass is 10.0. The van der Waals surface area contributed by atoms with Crippen LogP contribution >= 0.6 is 0 Å². The summed E-state index contributed by atoms with van der Waals surface area (Å²) in [7, 11) is 1.79. The van der Waals surface area contributed by atoms with Crippen LogP contribution in [0, 0.1) is 0 Å². The minimum absolute atomic E-state index is 0.00153. The van der Waals surface area contributed by atoms with Crippen LogP contribution in [0.15, 0.2) is 12.3 Å². The van der Waals surface area contributed by atoms with Crippen molar-refractivity contribution in [1.82, 2.24) is 9.78 Å². The van der Waals surface area contributed by atoms with Gasteiger partial charge in [0.25, 0.3) is 0 Å². The number of nitrogens with zero attached hydrogens (tertiary/aromatic N) is 2. The number of hydrogen-bond donors (Lipinski definition) is 1. The standard InChI is InChI=1S/C10H17N3O/c1-14-10(5-2-3-6-10)8-13-7-4-9(11)12-13/h4,7H,2-3,5-6,8H2,1H3,(H2,11,12). The Bertz CT molecular complexity index is 302. The van der Waals surface area contributed by atoms with E-state index < -0.39 is 0 Å². The molecule has 0 aliphatic heterocycles. The quantitative estimate of drug-likeness (QED) is 0.793. The van der Waals surface area contributed by atoms with Crippen LogP contribution in [-0.4, -0.2) is 22.5 Å². The molecule has 0 aromatic carbocycles. The van der Waals surface area contributed by atoms with Crippen LogP contribution < -0.4 is 5.73 Å². The van der Waals surface area contributed by atoms with Crippen LogP contribution in [0.2, 0.25) is 0 Å². The zero-order chi connectivity index (χ0) is 10.0. The van der Waals surface area contributed by atoms with Gasteiger partial charge in [0.2, 0.25) is 0 Å². The van der Waals surface area contributed by atoms with Crippen molar-refractivity contribution in [1.29, 1.82) is 0 Å². The number of nitrogens with two attached hydrogens (primary N) is 1. The fourth-order valence-corrected chi connectivity index (χ4v) is 2.21. The Morgan fingerprint density at radius 3 is 2.79 bits per heavy atom. The van der Waals surface area contributed by atoms with E-state index in [-0.39, 0.29) is 5.60 Å². The molecule has 1 fully saturated rings. The molecule has 78 valence electrons. The molecular formula is C10H17N3O. The molecule has 1 heterocycles. The summed E-state index contributed by atoms with van der Waals surface area (Å²) in [5.41, 5.74) is 5.56. The van der Waals surface area contributed by atoms with E-state index in [2.05, 4.69) is 5.10 Å². The number of ether oxygens (including phenoxy) is 1. The van der Waals surface area contributed by atoms with Gasteiger partial charge in [-0.2, -0.15) is 5.10 Å². The molecule has 1 aromatic heterocycles. The van der Waals surface area contributed by atoms with Gasteiger partial charge in [-0.25, -0.2) is 0 Å². The number of rotatable bonds is 3. The molecule has 0 unspecified atom stereocenters. The van der Waals surface area contributed by atoms with Gasteiger partial charge in [-0.15, -0.1) is 0 Å². The van der Waals surface area contributed by atoms with E-state index in [4.69, 9.17) is 10.5 Å². The molecular weight excluding hydrogens is 178 g/mol. The second-order valence-corrected chi connectivity index (χ2v) is 4.03. The Labute approximate surface area is 84.0 Å². The van der Waals surface area contributed by atoms with Crippen molar-refractivity contribution in [2.75, 3.05) is 12.8 Å². The van der Waals surface area contributed by atoms with Gasteiger partial charge in [0.15, 0.2) is 0 Å². The zero-order valence-electron chi connectivity index (χ0n) is 8.57. The summed E-state index contributed by atoms with van der Waals surface area (Å²) in [6.45, 7) is 0.820. The largest absolute Gasteiger partial charge is 0.382 e. The molecule has 4 heteroatoms. The van der Waals surface area contributed by atoms with Gasteiger partial charge >= 0.3 is 0 Å². The van der Waals surface area contributed by atoms with Gasteiger partial charge < -0.3 is 10.5 Å². The Hall–Kier alpha value is -1.03. The first-order valence-corrected chi connectivity index (χ1v) is 5.08. The number of methoxy groups -OCH3 is 1. The van der Waals surface area contributed by atoms with Crippen molar-refractivity contribution < 1.29 is 4.74 Å². The molecule has 14 heavy (non-hydrogen) atoms. The van der Waals surface area contributed by atoms with E-state index in [0.717, 1.165) is 19.4 Å². The van der Waals surface area contributed by atoms with Gasteiger partial charge in [-0.1, -0.05) is 12.8 Å². The number of nitrogen functional groups attached to an aromatic ring is 1. The smallest absolute Gasteiger partial charge is 0.145 e. The highest BCUT2D eigenvalue weighted by Gasteiger charge is 2.34.